The fraction of sp³-hybridized carbons (Fsp3) is 0.263. The lowest BCUT2D eigenvalue weighted by Gasteiger charge is -2.13. The SMILES string of the molecule is CCOc1cc(C=Cc2cc(OC)c(OC)c(OC)c2)cc(O)c1O. The van der Waals surface area contributed by atoms with E-state index in [1.807, 2.05) is 18.2 Å². The fourth-order valence-electron chi connectivity index (χ4n) is 2.37. The number of ether oxygens (including phenoxy) is 4. The molecule has 6 heteroatoms. The molecule has 25 heavy (non-hydrogen) atoms. The molecule has 0 saturated heterocycles. The Morgan fingerprint density at radius 1 is 0.800 bits per heavy atom. The van der Waals surface area contributed by atoms with Crippen molar-refractivity contribution in [2.45, 2.75) is 6.92 Å². The standard InChI is InChI=1S/C19H22O6/c1-5-25-15-9-12(8-14(20)18(15)21)6-7-13-10-16(22-2)19(24-4)17(11-13)23-3/h6-11,20-21H,5H2,1-4H3. The van der Waals surface area contributed by atoms with E-state index in [1.165, 1.54) is 6.07 Å². The maximum atomic E-state index is 9.82. The Kier molecular flexibility index (Phi) is 6.00. The van der Waals surface area contributed by atoms with Crippen molar-refractivity contribution in [2.75, 3.05) is 27.9 Å². The molecule has 0 aliphatic rings. The zero-order valence-electron chi connectivity index (χ0n) is 14.7. The molecule has 134 valence electrons. The van der Waals surface area contributed by atoms with Gasteiger partial charge in [-0.2, -0.15) is 0 Å². The summed E-state index contributed by atoms with van der Waals surface area (Å²) in [6.45, 7) is 2.18. The third kappa shape index (κ3) is 4.09. The molecule has 0 aromatic heterocycles. The molecule has 6 nitrogen and oxygen atoms in total. The highest BCUT2D eigenvalue weighted by Crippen LogP contribution is 2.39. The van der Waals surface area contributed by atoms with Crippen molar-refractivity contribution < 1.29 is 29.2 Å². The molecule has 0 unspecified atom stereocenters. The molecule has 0 fully saturated rings. The van der Waals surface area contributed by atoms with Gasteiger partial charge in [0, 0.05) is 0 Å². The van der Waals surface area contributed by atoms with Gasteiger partial charge in [-0.05, 0) is 42.3 Å². The highest BCUT2D eigenvalue weighted by atomic mass is 16.5. The number of aromatic hydroxyl groups is 2. The number of methoxy groups -OCH3 is 3. The van der Waals surface area contributed by atoms with Crippen LogP contribution in [0, 0.1) is 0 Å². The molecule has 0 bridgehead atoms. The second-order valence-corrected chi connectivity index (χ2v) is 5.11. The first-order chi connectivity index (χ1) is 12.0. The zero-order chi connectivity index (χ0) is 18.4. The van der Waals surface area contributed by atoms with E-state index in [4.69, 9.17) is 18.9 Å². The molecule has 0 heterocycles. The summed E-state index contributed by atoms with van der Waals surface area (Å²) >= 11 is 0. The van der Waals surface area contributed by atoms with Crippen molar-refractivity contribution in [2.24, 2.45) is 0 Å². The average molecular weight is 346 g/mol. The lowest BCUT2D eigenvalue weighted by molar-refractivity contribution is 0.309. The van der Waals surface area contributed by atoms with Gasteiger partial charge in [0.25, 0.3) is 0 Å². The van der Waals surface area contributed by atoms with Crippen LogP contribution < -0.4 is 18.9 Å². The molecule has 2 N–H and O–H groups in total. The van der Waals surface area contributed by atoms with Crippen LogP contribution in [0.25, 0.3) is 12.2 Å². The Hall–Kier alpha value is -3.02. The van der Waals surface area contributed by atoms with Crippen LogP contribution in [0.5, 0.6) is 34.5 Å². The van der Waals surface area contributed by atoms with Crippen LogP contribution in [-0.4, -0.2) is 38.1 Å². The Labute approximate surface area is 146 Å². The topological polar surface area (TPSA) is 77.4 Å². The number of hydrogen-bond acceptors (Lipinski definition) is 6. The number of phenols is 2. The molecule has 0 radical (unpaired) electrons. The van der Waals surface area contributed by atoms with Crippen LogP contribution in [0.2, 0.25) is 0 Å². The minimum absolute atomic E-state index is 0.229. The van der Waals surface area contributed by atoms with Gasteiger partial charge in [0.1, 0.15) is 0 Å². The second kappa shape index (κ2) is 8.19. The van der Waals surface area contributed by atoms with Gasteiger partial charge in [-0.25, -0.2) is 0 Å². The van der Waals surface area contributed by atoms with Gasteiger partial charge in [0.05, 0.1) is 27.9 Å². The maximum absolute atomic E-state index is 9.82. The van der Waals surface area contributed by atoms with E-state index in [0.29, 0.717) is 29.4 Å². The van der Waals surface area contributed by atoms with Crippen molar-refractivity contribution in [1.82, 2.24) is 0 Å². The molecule has 2 aromatic carbocycles. The molecular formula is C19H22O6. The first kappa shape index (κ1) is 18.3. The highest BCUT2D eigenvalue weighted by Gasteiger charge is 2.12. The van der Waals surface area contributed by atoms with Crippen molar-refractivity contribution in [1.29, 1.82) is 0 Å². The molecule has 0 aliphatic heterocycles. The third-order valence-corrected chi connectivity index (χ3v) is 3.53. The van der Waals surface area contributed by atoms with Gasteiger partial charge >= 0.3 is 0 Å². The van der Waals surface area contributed by atoms with E-state index < -0.39 is 0 Å². The Balaban J connectivity index is 2.39. The largest absolute Gasteiger partial charge is 0.504 e. The van der Waals surface area contributed by atoms with Crippen molar-refractivity contribution in [3.63, 3.8) is 0 Å². The third-order valence-electron chi connectivity index (χ3n) is 3.53. The van der Waals surface area contributed by atoms with Gasteiger partial charge in [0.2, 0.25) is 11.5 Å². The van der Waals surface area contributed by atoms with Gasteiger partial charge in [-0.3, -0.25) is 0 Å². The summed E-state index contributed by atoms with van der Waals surface area (Å²) < 4.78 is 21.3. The summed E-state index contributed by atoms with van der Waals surface area (Å²) in [5.74, 6) is 1.33. The molecule has 0 spiro atoms. The molecule has 0 aliphatic carbocycles. The van der Waals surface area contributed by atoms with Crippen LogP contribution in [-0.2, 0) is 0 Å². The number of phenolic OH excluding ortho intramolecular Hbond substituents is 2. The Morgan fingerprint density at radius 2 is 1.32 bits per heavy atom. The van der Waals surface area contributed by atoms with Crippen LogP contribution >= 0.6 is 0 Å². The lowest BCUT2D eigenvalue weighted by atomic mass is 10.1. The Bertz CT molecular complexity index is 742. The fourth-order valence-corrected chi connectivity index (χ4v) is 2.37. The average Bonchev–Trinajstić information content (AvgIpc) is 2.62. The Morgan fingerprint density at radius 3 is 1.80 bits per heavy atom. The molecule has 0 atom stereocenters. The van der Waals surface area contributed by atoms with Crippen LogP contribution in [0.4, 0.5) is 0 Å². The minimum atomic E-state index is -0.271. The molecule has 0 saturated carbocycles. The number of rotatable bonds is 7. The minimum Gasteiger partial charge on any atom is -0.504 e. The first-order valence-corrected chi connectivity index (χ1v) is 7.70. The molecule has 0 amide bonds. The van der Waals surface area contributed by atoms with E-state index in [2.05, 4.69) is 0 Å². The monoisotopic (exact) mass is 346 g/mol. The van der Waals surface area contributed by atoms with E-state index >= 15 is 0 Å². The summed E-state index contributed by atoms with van der Waals surface area (Å²) in [4.78, 5) is 0. The predicted octanol–water partition coefficient (Wildman–Crippen LogP) is 3.69. The predicted molar refractivity (Wildman–Crippen MR) is 96.0 cm³/mol. The number of benzene rings is 2. The van der Waals surface area contributed by atoms with Crippen LogP contribution in [0.3, 0.4) is 0 Å². The quantitative estimate of drug-likeness (QED) is 0.588. The van der Waals surface area contributed by atoms with Gasteiger partial charge in [-0.15, -0.1) is 0 Å². The van der Waals surface area contributed by atoms with E-state index in [0.717, 1.165) is 5.56 Å². The van der Waals surface area contributed by atoms with Crippen LogP contribution in [0.15, 0.2) is 24.3 Å². The second-order valence-electron chi connectivity index (χ2n) is 5.11. The first-order valence-electron chi connectivity index (χ1n) is 7.70. The van der Waals surface area contributed by atoms with Crippen molar-refractivity contribution in [3.8, 4) is 34.5 Å². The summed E-state index contributed by atoms with van der Waals surface area (Å²) in [7, 11) is 4.65. The van der Waals surface area contributed by atoms with E-state index in [9.17, 15) is 10.2 Å². The van der Waals surface area contributed by atoms with E-state index in [-0.39, 0.29) is 17.2 Å². The molecule has 2 aromatic rings. The smallest absolute Gasteiger partial charge is 0.203 e. The van der Waals surface area contributed by atoms with Gasteiger partial charge in [0.15, 0.2) is 23.0 Å². The maximum Gasteiger partial charge on any atom is 0.203 e. The molecule has 2 rings (SSSR count). The van der Waals surface area contributed by atoms with E-state index in [1.54, 1.807) is 40.4 Å². The normalized spacial score (nSPS) is 10.7. The van der Waals surface area contributed by atoms with Gasteiger partial charge in [-0.1, -0.05) is 12.2 Å². The van der Waals surface area contributed by atoms with Crippen molar-refractivity contribution in [3.05, 3.63) is 35.4 Å². The lowest BCUT2D eigenvalue weighted by Crippen LogP contribution is -1.95. The summed E-state index contributed by atoms with van der Waals surface area (Å²) in [5, 5.41) is 19.6. The van der Waals surface area contributed by atoms with Gasteiger partial charge < -0.3 is 29.2 Å². The molecular weight excluding hydrogens is 324 g/mol. The highest BCUT2D eigenvalue weighted by molar-refractivity contribution is 5.74. The summed E-state index contributed by atoms with van der Waals surface area (Å²) in [6, 6.07) is 6.71. The number of hydrogen-bond donors (Lipinski definition) is 2. The summed E-state index contributed by atoms with van der Waals surface area (Å²) in [6.07, 6.45) is 3.61. The zero-order valence-corrected chi connectivity index (χ0v) is 14.7. The van der Waals surface area contributed by atoms with Crippen LogP contribution in [0.1, 0.15) is 18.1 Å². The van der Waals surface area contributed by atoms with Crippen molar-refractivity contribution >= 4 is 12.2 Å². The summed E-state index contributed by atoms with van der Waals surface area (Å²) in [5.41, 5.74) is 1.49.